The first kappa shape index (κ1) is 24.4. The topological polar surface area (TPSA) is 122 Å². The van der Waals surface area contributed by atoms with Crippen LogP contribution in [0.15, 0.2) is 16.9 Å². The zero-order chi connectivity index (χ0) is 27.4. The third-order valence-electron chi connectivity index (χ3n) is 9.04. The minimum atomic E-state index is -1.94. The van der Waals surface area contributed by atoms with E-state index in [1.807, 2.05) is 6.92 Å². The number of aryl methyl sites for hydroxylation is 1. The Morgan fingerprint density at radius 3 is 2.69 bits per heavy atom. The van der Waals surface area contributed by atoms with Crippen LogP contribution in [0.2, 0.25) is 0 Å². The van der Waals surface area contributed by atoms with E-state index in [1.165, 1.54) is 6.07 Å². The molecule has 3 aromatic rings. The van der Waals surface area contributed by atoms with Crippen molar-refractivity contribution in [3.63, 3.8) is 0 Å². The Morgan fingerprint density at radius 2 is 1.97 bits per heavy atom. The van der Waals surface area contributed by atoms with E-state index in [-0.39, 0.29) is 54.0 Å². The van der Waals surface area contributed by atoms with E-state index in [2.05, 4.69) is 0 Å². The standard InChI is InChI=1S/C29H28FN3O6/c1-3-7-29(38)17-9-21-25-15(11-33(21)26(35)16(17)12-39-28(29)37)24-20(32-8-6-22(34)27(32)36)5-4-14-13(2)18(30)10-19(31-25)23(14)24/h9-10,20,22,34,38H,3-8,11-12H2,1-2H3/t20-,22-,29-/m0/s1. The van der Waals surface area contributed by atoms with Crippen molar-refractivity contribution in [2.75, 3.05) is 6.54 Å². The van der Waals surface area contributed by atoms with Crippen LogP contribution in [0, 0.1) is 12.7 Å². The van der Waals surface area contributed by atoms with Gasteiger partial charge in [0.15, 0.2) is 5.60 Å². The predicted molar refractivity (Wildman–Crippen MR) is 137 cm³/mol. The molecule has 0 unspecified atom stereocenters. The van der Waals surface area contributed by atoms with Gasteiger partial charge in [0.2, 0.25) is 0 Å². The fourth-order valence-electron chi connectivity index (χ4n) is 7.10. The average Bonchev–Trinajstić information content (AvgIpc) is 3.45. The molecule has 7 rings (SSSR count). The van der Waals surface area contributed by atoms with Gasteiger partial charge in [0, 0.05) is 29.1 Å². The van der Waals surface area contributed by atoms with Crippen LogP contribution in [0.25, 0.3) is 22.3 Å². The number of cyclic esters (lactones) is 1. The van der Waals surface area contributed by atoms with Crippen LogP contribution in [0.1, 0.15) is 72.0 Å². The van der Waals surface area contributed by atoms with Crippen LogP contribution >= 0.6 is 0 Å². The number of benzene rings is 1. The van der Waals surface area contributed by atoms with Crippen molar-refractivity contribution in [2.45, 2.75) is 76.9 Å². The van der Waals surface area contributed by atoms with E-state index < -0.39 is 17.7 Å². The van der Waals surface area contributed by atoms with Gasteiger partial charge in [0.25, 0.3) is 11.5 Å². The number of halogens is 1. The third kappa shape index (κ3) is 3.12. The van der Waals surface area contributed by atoms with E-state index in [0.29, 0.717) is 54.7 Å². The smallest absolute Gasteiger partial charge is 0.343 e. The molecule has 1 aliphatic carbocycles. The summed E-state index contributed by atoms with van der Waals surface area (Å²) in [6.45, 7) is 3.94. The van der Waals surface area contributed by atoms with Crippen molar-refractivity contribution in [1.29, 1.82) is 0 Å². The van der Waals surface area contributed by atoms with Crippen LogP contribution < -0.4 is 5.56 Å². The molecular weight excluding hydrogens is 505 g/mol. The molecule has 0 bridgehead atoms. The lowest BCUT2D eigenvalue weighted by Gasteiger charge is -2.35. The Hall–Kier alpha value is -3.63. The maximum absolute atomic E-state index is 15.1. The molecule has 1 amide bonds. The number of carbonyl (C=O) groups excluding carboxylic acids is 2. The minimum Gasteiger partial charge on any atom is -0.458 e. The number of aliphatic hydroxyl groups is 2. The van der Waals surface area contributed by atoms with Crippen LogP contribution in [0.4, 0.5) is 4.39 Å². The number of carbonyl (C=O) groups is 2. The van der Waals surface area contributed by atoms with Crippen molar-refractivity contribution in [3.8, 4) is 11.4 Å². The Bertz CT molecular complexity index is 1700. The molecule has 0 radical (unpaired) electrons. The van der Waals surface area contributed by atoms with Gasteiger partial charge >= 0.3 is 5.97 Å². The van der Waals surface area contributed by atoms with E-state index >= 15 is 4.39 Å². The molecular formula is C29H28FN3O6. The van der Waals surface area contributed by atoms with Crippen molar-refractivity contribution < 1.29 is 28.9 Å². The van der Waals surface area contributed by atoms with E-state index in [1.54, 1.807) is 22.5 Å². The monoisotopic (exact) mass is 533 g/mol. The number of hydrogen-bond acceptors (Lipinski definition) is 7. The second-order valence-electron chi connectivity index (χ2n) is 11.1. The lowest BCUT2D eigenvalue weighted by molar-refractivity contribution is -0.172. The van der Waals surface area contributed by atoms with Crippen LogP contribution in [-0.2, 0) is 39.5 Å². The summed E-state index contributed by atoms with van der Waals surface area (Å²) >= 11 is 0. The van der Waals surface area contributed by atoms with Crippen molar-refractivity contribution in [1.82, 2.24) is 14.5 Å². The summed E-state index contributed by atoms with van der Waals surface area (Å²) in [5.41, 5.74) is 2.47. The van der Waals surface area contributed by atoms with E-state index in [4.69, 9.17) is 9.72 Å². The summed E-state index contributed by atoms with van der Waals surface area (Å²) in [6, 6.07) is 2.69. The largest absolute Gasteiger partial charge is 0.458 e. The maximum atomic E-state index is 15.1. The number of amides is 1. The first-order valence-corrected chi connectivity index (χ1v) is 13.5. The molecule has 2 aromatic heterocycles. The van der Waals surface area contributed by atoms with Gasteiger partial charge in [-0.25, -0.2) is 14.2 Å². The molecule has 39 heavy (non-hydrogen) atoms. The summed E-state index contributed by atoms with van der Waals surface area (Å²) in [5.74, 6) is -1.48. The average molecular weight is 534 g/mol. The number of ether oxygens (including phenoxy) is 1. The Kier molecular flexibility index (Phi) is 5.13. The van der Waals surface area contributed by atoms with Gasteiger partial charge in [0.05, 0.1) is 35.1 Å². The maximum Gasteiger partial charge on any atom is 0.343 e. The molecule has 10 heteroatoms. The molecule has 2 N–H and O–H groups in total. The van der Waals surface area contributed by atoms with Crippen LogP contribution in [0.3, 0.4) is 0 Å². The number of esters is 1. The Labute approximate surface area is 222 Å². The van der Waals surface area contributed by atoms with Gasteiger partial charge < -0.3 is 24.4 Å². The normalized spacial score (nSPS) is 25.1. The number of fused-ring (bicyclic) bond motifs is 5. The zero-order valence-corrected chi connectivity index (χ0v) is 21.7. The highest BCUT2D eigenvalue weighted by Gasteiger charge is 2.47. The molecule has 1 fully saturated rings. The number of aliphatic hydroxyl groups excluding tert-OH is 1. The van der Waals surface area contributed by atoms with Crippen molar-refractivity contribution in [3.05, 3.63) is 61.7 Å². The highest BCUT2D eigenvalue weighted by atomic mass is 19.1. The van der Waals surface area contributed by atoms with Gasteiger partial charge in [-0.1, -0.05) is 13.3 Å². The highest BCUT2D eigenvalue weighted by molar-refractivity contribution is 5.94. The second kappa shape index (κ2) is 8.19. The van der Waals surface area contributed by atoms with Gasteiger partial charge in [-0.05, 0) is 55.4 Å². The number of nitrogens with zero attached hydrogens (tertiary/aromatic N) is 3. The molecule has 9 nitrogen and oxygen atoms in total. The number of rotatable bonds is 3. The summed E-state index contributed by atoms with van der Waals surface area (Å²) < 4.78 is 21.8. The number of likely N-dealkylation sites (tertiary alicyclic amines) is 1. The molecule has 3 aliphatic heterocycles. The first-order valence-electron chi connectivity index (χ1n) is 13.5. The summed E-state index contributed by atoms with van der Waals surface area (Å²) in [7, 11) is 0. The molecule has 1 saturated heterocycles. The molecule has 202 valence electrons. The zero-order valence-electron chi connectivity index (χ0n) is 21.7. The molecule has 3 atom stereocenters. The lowest BCUT2D eigenvalue weighted by atomic mass is 9.81. The highest BCUT2D eigenvalue weighted by Crippen LogP contribution is 2.48. The number of aromatic nitrogens is 2. The molecule has 1 aromatic carbocycles. The molecule has 4 aliphatic rings. The fraction of sp³-hybridized carbons (Fsp3) is 0.448. The predicted octanol–water partition coefficient (Wildman–Crippen LogP) is 2.50. The minimum absolute atomic E-state index is 0.0975. The van der Waals surface area contributed by atoms with E-state index in [9.17, 15) is 24.6 Å². The van der Waals surface area contributed by atoms with Crippen LogP contribution in [0.5, 0.6) is 0 Å². The molecule has 0 spiro atoms. The quantitative estimate of drug-likeness (QED) is 0.388. The third-order valence-corrected chi connectivity index (χ3v) is 9.04. The lowest BCUT2D eigenvalue weighted by Crippen LogP contribution is -2.44. The van der Waals surface area contributed by atoms with Gasteiger partial charge in [0.1, 0.15) is 18.5 Å². The number of hydrogen-bond donors (Lipinski definition) is 2. The van der Waals surface area contributed by atoms with Crippen molar-refractivity contribution >= 4 is 22.8 Å². The van der Waals surface area contributed by atoms with Gasteiger partial charge in [-0.15, -0.1) is 0 Å². The Morgan fingerprint density at radius 1 is 1.18 bits per heavy atom. The van der Waals surface area contributed by atoms with Crippen LogP contribution in [-0.4, -0.2) is 49.2 Å². The van der Waals surface area contributed by atoms with Crippen molar-refractivity contribution in [2.24, 2.45) is 0 Å². The summed E-state index contributed by atoms with van der Waals surface area (Å²) in [6.07, 6.45) is 1.00. The fourth-order valence-corrected chi connectivity index (χ4v) is 7.10. The second-order valence-corrected chi connectivity index (χ2v) is 11.1. The number of pyridine rings is 2. The first-order chi connectivity index (χ1) is 18.7. The van der Waals surface area contributed by atoms with Gasteiger partial charge in [-0.2, -0.15) is 0 Å². The van der Waals surface area contributed by atoms with Gasteiger partial charge in [-0.3, -0.25) is 9.59 Å². The molecule has 0 saturated carbocycles. The Balaban J connectivity index is 1.52. The summed E-state index contributed by atoms with van der Waals surface area (Å²) in [4.78, 5) is 45.9. The summed E-state index contributed by atoms with van der Waals surface area (Å²) in [5, 5.41) is 22.4. The van der Waals surface area contributed by atoms with E-state index in [0.717, 1.165) is 22.1 Å². The SMILES string of the molecule is CCC[C@@]1(O)C(=O)OCc2c1cc1n(c2=O)Cc2c-1nc1cc(F)c(C)c3c1c2[C@@H](N1CC[C@H](O)C1=O)CC3. The molecule has 5 heterocycles.